The summed E-state index contributed by atoms with van der Waals surface area (Å²) in [5.74, 6) is 4.78. The fraction of sp³-hybridized carbons (Fsp3) is 0. The number of aldehydes is 2. The van der Waals surface area contributed by atoms with Gasteiger partial charge in [-0.05, 0) is 12.0 Å². The maximum atomic E-state index is 10.2. The van der Waals surface area contributed by atoms with Gasteiger partial charge in [-0.1, -0.05) is 5.92 Å². The minimum atomic E-state index is 0.152. The molecule has 0 saturated heterocycles. The molecule has 0 aliphatic carbocycles. The molecule has 0 N–H and O–H groups in total. The molecule has 0 spiro atoms. The minimum Gasteiger partial charge on any atom is -0.460 e. The largest absolute Gasteiger partial charge is 0.460 e. The summed E-state index contributed by atoms with van der Waals surface area (Å²) in [6.07, 6.45) is 2.36. The van der Waals surface area contributed by atoms with E-state index in [1.54, 1.807) is 0 Å². The van der Waals surface area contributed by atoms with E-state index < -0.39 is 0 Å². The van der Waals surface area contributed by atoms with Gasteiger partial charge < -0.3 is 4.42 Å². The van der Waals surface area contributed by atoms with Crippen molar-refractivity contribution >= 4 is 12.6 Å². The summed E-state index contributed by atoms with van der Waals surface area (Å²) < 4.78 is 4.72. The van der Waals surface area contributed by atoms with E-state index in [1.807, 2.05) is 0 Å². The van der Waals surface area contributed by atoms with Crippen LogP contribution in [0.25, 0.3) is 0 Å². The number of hydrogen-bond acceptors (Lipinski definition) is 3. The first-order valence-corrected chi connectivity index (χ1v) is 2.86. The summed E-state index contributed by atoms with van der Waals surface area (Å²) in [6.45, 7) is 0. The lowest BCUT2D eigenvalue weighted by atomic mass is 10.3. The topological polar surface area (TPSA) is 47.3 Å². The Morgan fingerprint density at radius 1 is 1.45 bits per heavy atom. The molecule has 1 heterocycles. The van der Waals surface area contributed by atoms with Crippen molar-refractivity contribution in [3.8, 4) is 11.8 Å². The average Bonchev–Trinajstić information content (AvgIpc) is 2.47. The van der Waals surface area contributed by atoms with Crippen LogP contribution in [0.2, 0.25) is 0 Å². The van der Waals surface area contributed by atoms with E-state index in [9.17, 15) is 9.59 Å². The van der Waals surface area contributed by atoms with Crippen molar-refractivity contribution in [2.24, 2.45) is 0 Å². The zero-order chi connectivity index (χ0) is 8.10. The highest BCUT2D eigenvalue weighted by atomic mass is 16.3. The van der Waals surface area contributed by atoms with Gasteiger partial charge >= 0.3 is 0 Å². The molecule has 0 saturated carbocycles. The molecule has 0 aliphatic heterocycles. The highest BCUT2D eigenvalue weighted by Gasteiger charge is 1.99. The van der Waals surface area contributed by atoms with Crippen LogP contribution in [-0.4, -0.2) is 12.6 Å². The molecule has 54 valence electrons. The van der Waals surface area contributed by atoms with Gasteiger partial charge in [0.25, 0.3) is 0 Å². The zero-order valence-electron chi connectivity index (χ0n) is 5.53. The number of carbonyl (C=O) groups excluding carboxylic acids is 2. The van der Waals surface area contributed by atoms with E-state index in [4.69, 9.17) is 4.42 Å². The molecule has 11 heavy (non-hydrogen) atoms. The minimum absolute atomic E-state index is 0.152. The molecule has 0 aliphatic rings. The second-order valence-electron chi connectivity index (χ2n) is 1.70. The molecule has 0 radical (unpaired) electrons. The smallest absolute Gasteiger partial charge is 0.193 e. The Hall–Kier alpha value is -1.82. The van der Waals surface area contributed by atoms with Crippen LogP contribution in [-0.2, 0) is 4.79 Å². The highest BCUT2D eigenvalue weighted by Crippen LogP contribution is 2.04. The first kappa shape index (κ1) is 7.29. The van der Waals surface area contributed by atoms with Crippen molar-refractivity contribution in [3.63, 3.8) is 0 Å². The number of carbonyl (C=O) groups is 2. The fourth-order valence-corrected chi connectivity index (χ4v) is 0.623. The summed E-state index contributed by atoms with van der Waals surface area (Å²) in [6, 6.07) is 1.53. The lowest BCUT2D eigenvalue weighted by Gasteiger charge is -1.79. The monoisotopic (exact) mass is 148 g/mol. The molecule has 3 heteroatoms. The first-order valence-electron chi connectivity index (χ1n) is 2.86. The maximum Gasteiger partial charge on any atom is 0.193 e. The predicted octanol–water partition coefficient (Wildman–Crippen LogP) is 0.642. The van der Waals surface area contributed by atoms with Gasteiger partial charge in [-0.15, -0.1) is 0 Å². The average molecular weight is 148 g/mol. The Kier molecular flexibility index (Phi) is 2.24. The zero-order valence-corrected chi connectivity index (χ0v) is 5.53. The normalized spacial score (nSPS) is 8.00. The van der Waals surface area contributed by atoms with Crippen LogP contribution in [0.4, 0.5) is 0 Å². The van der Waals surface area contributed by atoms with Gasteiger partial charge in [-0.25, -0.2) is 0 Å². The Morgan fingerprint density at radius 3 is 2.91 bits per heavy atom. The predicted molar refractivity (Wildman–Crippen MR) is 37.0 cm³/mol. The van der Waals surface area contributed by atoms with Crippen LogP contribution in [0.5, 0.6) is 0 Å². The molecule has 1 aromatic heterocycles. The summed E-state index contributed by atoms with van der Waals surface area (Å²) >= 11 is 0. The summed E-state index contributed by atoms with van der Waals surface area (Å²) in [7, 11) is 0. The fourth-order valence-electron chi connectivity index (χ4n) is 0.623. The van der Waals surface area contributed by atoms with E-state index in [0.29, 0.717) is 18.1 Å². The second-order valence-corrected chi connectivity index (χ2v) is 1.70. The third-order valence-corrected chi connectivity index (χ3v) is 1.07. The van der Waals surface area contributed by atoms with Gasteiger partial charge in [0.2, 0.25) is 0 Å². The number of rotatable bonds is 1. The van der Waals surface area contributed by atoms with Crippen molar-refractivity contribution in [1.82, 2.24) is 0 Å². The van der Waals surface area contributed by atoms with Crippen LogP contribution in [0.3, 0.4) is 0 Å². The molecule has 0 atom stereocenters. The molecule has 0 amide bonds. The van der Waals surface area contributed by atoms with Crippen LogP contribution >= 0.6 is 0 Å². The first-order chi connectivity index (χ1) is 5.38. The van der Waals surface area contributed by atoms with Crippen molar-refractivity contribution in [3.05, 3.63) is 23.7 Å². The summed E-state index contributed by atoms with van der Waals surface area (Å²) in [4.78, 5) is 20.0. The molecule has 3 nitrogen and oxygen atoms in total. The molecule has 0 aromatic carbocycles. The van der Waals surface area contributed by atoms with E-state index in [-0.39, 0.29) is 5.76 Å². The van der Waals surface area contributed by atoms with Crippen molar-refractivity contribution in [1.29, 1.82) is 0 Å². The van der Waals surface area contributed by atoms with Gasteiger partial charge in [0, 0.05) is 0 Å². The van der Waals surface area contributed by atoms with Crippen LogP contribution < -0.4 is 0 Å². The second kappa shape index (κ2) is 3.37. The third-order valence-electron chi connectivity index (χ3n) is 1.07. The van der Waals surface area contributed by atoms with Gasteiger partial charge in [0.05, 0.1) is 11.8 Å². The van der Waals surface area contributed by atoms with E-state index in [0.717, 1.165) is 0 Å². The number of hydrogen-bond donors (Lipinski definition) is 0. The molecule has 0 unspecified atom stereocenters. The summed E-state index contributed by atoms with van der Waals surface area (Å²) in [5.41, 5.74) is 0.437. The maximum absolute atomic E-state index is 10.2. The molecule has 0 fully saturated rings. The highest BCUT2D eigenvalue weighted by molar-refractivity contribution is 5.78. The van der Waals surface area contributed by atoms with Crippen molar-refractivity contribution < 1.29 is 14.0 Å². The van der Waals surface area contributed by atoms with Crippen molar-refractivity contribution in [2.75, 3.05) is 0 Å². The van der Waals surface area contributed by atoms with E-state index >= 15 is 0 Å². The molecular formula is C8H4O3. The van der Waals surface area contributed by atoms with Gasteiger partial charge in [0.15, 0.2) is 18.3 Å². The third kappa shape index (κ3) is 1.55. The summed E-state index contributed by atoms with van der Waals surface area (Å²) in [5, 5.41) is 0. The molecule has 1 rings (SSSR count). The molecular weight excluding hydrogens is 144 g/mol. The Labute approximate surface area is 63.0 Å². The Bertz CT molecular complexity index is 325. The van der Waals surface area contributed by atoms with Gasteiger partial charge in [0.1, 0.15) is 0 Å². The molecule has 0 bridgehead atoms. The Balaban J connectivity index is 3.01. The number of furan rings is 1. The Morgan fingerprint density at radius 2 is 2.27 bits per heavy atom. The van der Waals surface area contributed by atoms with Gasteiger partial charge in [-0.2, -0.15) is 0 Å². The van der Waals surface area contributed by atoms with Crippen LogP contribution in [0.1, 0.15) is 16.1 Å². The molecule has 1 aromatic rings. The standard InChI is InChI=1S/C8H4O3/c9-4-1-2-7-3-5-11-8(7)6-10/h3-6H. The lowest BCUT2D eigenvalue weighted by Crippen LogP contribution is -1.78. The quantitative estimate of drug-likeness (QED) is 0.433. The van der Waals surface area contributed by atoms with E-state index in [1.165, 1.54) is 12.3 Å². The van der Waals surface area contributed by atoms with Gasteiger partial charge in [-0.3, -0.25) is 9.59 Å². The SMILES string of the molecule is O=CC#Cc1ccoc1C=O. The van der Waals surface area contributed by atoms with Crippen LogP contribution in [0.15, 0.2) is 16.7 Å². The van der Waals surface area contributed by atoms with Crippen LogP contribution in [0, 0.1) is 11.8 Å². The lowest BCUT2D eigenvalue weighted by molar-refractivity contribution is -0.103. The van der Waals surface area contributed by atoms with E-state index in [2.05, 4.69) is 11.8 Å². The van der Waals surface area contributed by atoms with Crippen molar-refractivity contribution in [2.45, 2.75) is 0 Å².